The number of carbonyl (C=O) groups is 2. The molecule has 9 nitrogen and oxygen atoms in total. The minimum Gasteiger partial charge on any atom is -0.462 e. The molecule has 0 aliphatic carbocycles. The summed E-state index contributed by atoms with van der Waals surface area (Å²) in [5.41, 5.74) is 5.40. The Hall–Kier alpha value is -2.81. The van der Waals surface area contributed by atoms with E-state index in [1.807, 2.05) is 0 Å². The molecule has 0 bridgehead atoms. The third-order valence-corrected chi connectivity index (χ3v) is 16.7. The molecule has 3 N–H and O–H groups in total. The van der Waals surface area contributed by atoms with Gasteiger partial charge in [0.1, 0.15) is 6.61 Å². The lowest BCUT2D eigenvalue weighted by Gasteiger charge is -2.19. The van der Waals surface area contributed by atoms with Crippen LogP contribution < -0.4 is 5.73 Å². The molecular weight excluding hydrogens is 1070 g/mol. The van der Waals surface area contributed by atoms with Crippen LogP contribution in [0.4, 0.5) is 0 Å². The van der Waals surface area contributed by atoms with Gasteiger partial charge < -0.3 is 20.1 Å². The minimum atomic E-state index is -4.40. The molecule has 0 saturated carbocycles. The highest BCUT2D eigenvalue weighted by atomic mass is 31.2. The lowest BCUT2D eigenvalue weighted by Crippen LogP contribution is -2.29. The fourth-order valence-corrected chi connectivity index (χ4v) is 11.2. The van der Waals surface area contributed by atoms with Crippen molar-refractivity contribution in [1.29, 1.82) is 0 Å². The number of nitrogens with two attached hydrogens (primary N) is 1. The largest absolute Gasteiger partial charge is 0.472 e. The predicted octanol–water partition coefficient (Wildman–Crippen LogP) is 23.8. The van der Waals surface area contributed by atoms with Crippen LogP contribution in [0.15, 0.2) is 85.1 Å². The Labute approximate surface area is 525 Å². The van der Waals surface area contributed by atoms with Crippen molar-refractivity contribution in [2.24, 2.45) is 5.73 Å². The molecule has 2 atom stereocenters. The summed E-state index contributed by atoms with van der Waals surface area (Å²) in [7, 11) is -4.40. The van der Waals surface area contributed by atoms with Crippen LogP contribution in [0.3, 0.4) is 0 Å². The van der Waals surface area contributed by atoms with Crippen molar-refractivity contribution in [2.75, 3.05) is 26.4 Å². The second kappa shape index (κ2) is 70.3. The van der Waals surface area contributed by atoms with Crippen molar-refractivity contribution in [3.63, 3.8) is 0 Å². The topological polar surface area (TPSA) is 134 Å². The fraction of sp³-hybridized carbons (Fsp3) is 0.787. The average molecular weight is 1210 g/mol. The third kappa shape index (κ3) is 70.2. The first kappa shape index (κ1) is 82.2. The van der Waals surface area contributed by atoms with Gasteiger partial charge in [0, 0.05) is 19.4 Å². The first-order valence-corrected chi connectivity index (χ1v) is 37.6. The van der Waals surface area contributed by atoms with E-state index in [0.29, 0.717) is 6.42 Å². The van der Waals surface area contributed by atoms with E-state index in [1.54, 1.807) is 0 Å². The molecule has 0 amide bonds. The normalized spacial score (nSPS) is 13.4. The maximum absolute atomic E-state index is 12.8. The van der Waals surface area contributed by atoms with Gasteiger partial charge in [-0.2, -0.15) is 0 Å². The highest BCUT2D eigenvalue weighted by Crippen LogP contribution is 2.43. The lowest BCUT2D eigenvalue weighted by atomic mass is 10.0. The maximum Gasteiger partial charge on any atom is 0.472 e. The Kier molecular flexibility index (Phi) is 68.0. The van der Waals surface area contributed by atoms with E-state index in [4.69, 9.17) is 24.3 Å². The van der Waals surface area contributed by atoms with Gasteiger partial charge in [-0.3, -0.25) is 18.6 Å². The molecule has 0 aromatic rings. The summed E-state index contributed by atoms with van der Waals surface area (Å²) < 4.78 is 33.2. The Balaban J connectivity index is 3.80. The van der Waals surface area contributed by atoms with E-state index in [9.17, 15) is 19.0 Å². The molecule has 0 heterocycles. The monoisotopic (exact) mass is 1210 g/mol. The summed E-state index contributed by atoms with van der Waals surface area (Å²) in [6, 6.07) is 0. The first-order valence-electron chi connectivity index (χ1n) is 36.1. The number of hydrogen-bond acceptors (Lipinski definition) is 8. The Morgan fingerprint density at radius 3 is 0.965 bits per heavy atom. The molecule has 0 aliphatic rings. The second-order valence-corrected chi connectivity index (χ2v) is 25.5. The molecular formula is C75H136NO8P. The molecule has 0 spiro atoms. The number of hydrogen-bond donors (Lipinski definition) is 2. The third-order valence-electron chi connectivity index (χ3n) is 15.8. The van der Waals surface area contributed by atoms with Crippen molar-refractivity contribution in [3.05, 3.63) is 85.1 Å². The fourth-order valence-electron chi connectivity index (χ4n) is 10.5. The van der Waals surface area contributed by atoms with Crippen LogP contribution in [0.25, 0.3) is 0 Å². The minimum absolute atomic E-state index is 0.0506. The second-order valence-electron chi connectivity index (χ2n) is 24.1. The van der Waals surface area contributed by atoms with Crippen LogP contribution >= 0.6 is 7.82 Å². The van der Waals surface area contributed by atoms with Gasteiger partial charge in [0.05, 0.1) is 13.2 Å². The molecule has 0 fully saturated rings. The van der Waals surface area contributed by atoms with E-state index in [-0.39, 0.29) is 38.6 Å². The van der Waals surface area contributed by atoms with E-state index < -0.39 is 26.5 Å². The number of unbranched alkanes of at least 4 members (excludes halogenated alkanes) is 41. The Morgan fingerprint density at radius 1 is 0.365 bits per heavy atom. The van der Waals surface area contributed by atoms with Gasteiger partial charge in [0.25, 0.3) is 0 Å². The number of phosphoric ester groups is 1. The zero-order valence-corrected chi connectivity index (χ0v) is 56.5. The molecule has 0 aromatic carbocycles. The molecule has 0 rings (SSSR count). The van der Waals surface area contributed by atoms with E-state index in [0.717, 1.165) is 83.5 Å². The number of phosphoric acid groups is 1. The van der Waals surface area contributed by atoms with Gasteiger partial charge in [-0.25, -0.2) is 4.57 Å². The summed E-state index contributed by atoms with van der Waals surface area (Å²) in [5.74, 6) is -0.823. The molecule has 10 heteroatoms. The predicted molar refractivity (Wildman–Crippen MR) is 367 cm³/mol. The number of allylic oxidation sites excluding steroid dienone is 14. The van der Waals surface area contributed by atoms with E-state index >= 15 is 0 Å². The van der Waals surface area contributed by atoms with Crippen molar-refractivity contribution >= 4 is 19.8 Å². The van der Waals surface area contributed by atoms with E-state index in [2.05, 4.69) is 98.9 Å². The van der Waals surface area contributed by atoms with Crippen LogP contribution in [-0.2, 0) is 32.7 Å². The molecule has 2 unspecified atom stereocenters. The quantitative estimate of drug-likeness (QED) is 0.0264. The van der Waals surface area contributed by atoms with Gasteiger partial charge in [-0.05, 0) is 89.9 Å². The first-order chi connectivity index (χ1) is 41.8. The van der Waals surface area contributed by atoms with Crippen LogP contribution in [0, 0.1) is 0 Å². The highest BCUT2D eigenvalue weighted by molar-refractivity contribution is 7.47. The standard InChI is InChI=1S/C75H136NO8P/c1-3-5-7-9-11-13-15-17-19-21-23-25-27-29-30-31-32-33-34-35-36-37-38-39-40-41-42-44-45-47-49-51-53-55-57-59-61-63-65-67-74(77)81-71-73(72-83-85(79,80)82-70-69-76)84-75(78)68-66-64-62-60-58-56-54-52-50-48-46-43-28-26-24-22-20-18-16-14-12-10-8-6-4-2/h6,8,12,14-15,17-18,20-21,23-24,26,43,46,73H,3-5,7,9-11,13,16,19,22,25,27-42,44-45,47-72,76H2,1-2H3,(H,79,80)/b8-6-,14-12-,17-15-,20-18-,23-21-,26-24-,46-43-. The number of esters is 2. The summed E-state index contributed by atoms with van der Waals surface area (Å²) >= 11 is 0. The number of rotatable bonds is 68. The van der Waals surface area contributed by atoms with Gasteiger partial charge in [-0.15, -0.1) is 0 Å². The molecule has 494 valence electrons. The average Bonchev–Trinajstić information content (AvgIpc) is 3.52. The molecule has 0 aromatic heterocycles. The van der Waals surface area contributed by atoms with Crippen LogP contribution in [-0.4, -0.2) is 49.3 Å². The van der Waals surface area contributed by atoms with Gasteiger partial charge in [-0.1, -0.05) is 330 Å². The Bertz CT molecular complexity index is 1670. The van der Waals surface area contributed by atoms with E-state index in [1.165, 1.54) is 231 Å². The SMILES string of the molecule is CC/C=C\C/C=C\C/C=C\C/C=C\C/C=C\CCCCCCCCCCCC(=O)OC(COC(=O)CCCCCCCCCCCCCCCCCCCCCCCCCCCCC/C=C\C/C=C\CCCCCCC)COP(=O)(O)OCCN. The Morgan fingerprint density at radius 2 is 0.647 bits per heavy atom. The smallest absolute Gasteiger partial charge is 0.462 e. The maximum atomic E-state index is 12.8. The van der Waals surface area contributed by atoms with Crippen molar-refractivity contribution < 1.29 is 37.6 Å². The number of ether oxygens (including phenoxy) is 2. The zero-order valence-electron chi connectivity index (χ0n) is 55.6. The summed E-state index contributed by atoms with van der Waals surface area (Å²) in [6.07, 6.45) is 94.1. The van der Waals surface area contributed by atoms with Gasteiger partial charge in [0.15, 0.2) is 6.10 Å². The highest BCUT2D eigenvalue weighted by Gasteiger charge is 2.26. The van der Waals surface area contributed by atoms with Gasteiger partial charge >= 0.3 is 19.8 Å². The van der Waals surface area contributed by atoms with Crippen LogP contribution in [0.1, 0.15) is 348 Å². The lowest BCUT2D eigenvalue weighted by molar-refractivity contribution is -0.161. The number of carbonyl (C=O) groups excluding carboxylic acids is 2. The molecule has 0 saturated heterocycles. The van der Waals surface area contributed by atoms with Crippen LogP contribution in [0.5, 0.6) is 0 Å². The van der Waals surface area contributed by atoms with Crippen molar-refractivity contribution in [1.82, 2.24) is 0 Å². The molecule has 0 radical (unpaired) electrons. The van der Waals surface area contributed by atoms with Gasteiger partial charge in [0.2, 0.25) is 0 Å². The summed E-state index contributed by atoms with van der Waals surface area (Å²) in [6.45, 7) is 3.65. The van der Waals surface area contributed by atoms with Crippen LogP contribution in [0.2, 0.25) is 0 Å². The zero-order chi connectivity index (χ0) is 61.6. The summed E-state index contributed by atoms with van der Waals surface area (Å²) in [5, 5.41) is 0. The van der Waals surface area contributed by atoms with Crippen molar-refractivity contribution in [3.8, 4) is 0 Å². The molecule has 0 aliphatic heterocycles. The van der Waals surface area contributed by atoms with Crippen molar-refractivity contribution in [2.45, 2.75) is 354 Å². The summed E-state index contributed by atoms with van der Waals surface area (Å²) in [4.78, 5) is 35.4. The molecule has 85 heavy (non-hydrogen) atoms.